The number of halogens is 1. The Bertz CT molecular complexity index is 561. The minimum atomic E-state index is -0.267. The highest BCUT2D eigenvalue weighted by atomic mass is 19.1. The van der Waals surface area contributed by atoms with Crippen molar-refractivity contribution >= 4 is 11.0 Å². The maximum absolute atomic E-state index is 13.6. The van der Waals surface area contributed by atoms with Crippen molar-refractivity contribution in [2.45, 2.75) is 12.5 Å². The monoisotopic (exact) mass is 249 g/mol. The van der Waals surface area contributed by atoms with Crippen molar-refractivity contribution in [3.8, 4) is 0 Å². The summed E-state index contributed by atoms with van der Waals surface area (Å²) in [5.74, 6) is 0.598. The van der Waals surface area contributed by atoms with Crippen LogP contribution < -0.4 is 5.32 Å². The summed E-state index contributed by atoms with van der Waals surface area (Å²) in [4.78, 5) is 4.39. The first-order valence-electron chi connectivity index (χ1n) is 6.18. The Balaban J connectivity index is 1.92. The predicted molar refractivity (Wildman–Crippen MR) is 67.0 cm³/mol. The van der Waals surface area contributed by atoms with Crippen molar-refractivity contribution in [2.75, 3.05) is 19.7 Å². The largest absolute Gasteiger partial charge is 0.375 e. The third-order valence-corrected chi connectivity index (χ3v) is 3.37. The lowest BCUT2D eigenvalue weighted by molar-refractivity contribution is 0.0277. The van der Waals surface area contributed by atoms with E-state index >= 15 is 0 Å². The summed E-state index contributed by atoms with van der Waals surface area (Å²) in [6, 6.07) is 5.04. The van der Waals surface area contributed by atoms with Gasteiger partial charge in [-0.05, 0) is 12.1 Å². The Hall–Kier alpha value is -1.46. The van der Waals surface area contributed by atoms with Crippen LogP contribution in [0.15, 0.2) is 18.2 Å². The molecule has 1 aliphatic heterocycles. The molecule has 1 saturated heterocycles. The van der Waals surface area contributed by atoms with Gasteiger partial charge in [0.15, 0.2) is 5.82 Å². The number of ether oxygens (including phenoxy) is 1. The summed E-state index contributed by atoms with van der Waals surface area (Å²) in [6.07, 6.45) is 0.828. The van der Waals surface area contributed by atoms with E-state index in [4.69, 9.17) is 4.74 Å². The summed E-state index contributed by atoms with van der Waals surface area (Å²) in [7, 11) is 1.92. The van der Waals surface area contributed by atoms with Gasteiger partial charge in [-0.1, -0.05) is 6.07 Å². The molecule has 1 atom stereocenters. The number of hydrogen-bond donors (Lipinski definition) is 1. The molecule has 0 bridgehead atoms. The average molecular weight is 249 g/mol. The standard InChI is InChI=1S/C13H16FN3O/c1-17-11-4-2-3-10(14)13(11)16-12(17)7-9-8-15-5-6-18-9/h2-4,9,15H,5-8H2,1H3. The van der Waals surface area contributed by atoms with Crippen LogP contribution in [0.25, 0.3) is 11.0 Å². The van der Waals surface area contributed by atoms with Crippen LogP contribution >= 0.6 is 0 Å². The molecule has 2 aromatic rings. The lowest BCUT2D eigenvalue weighted by atomic mass is 10.2. The smallest absolute Gasteiger partial charge is 0.151 e. The van der Waals surface area contributed by atoms with E-state index in [1.165, 1.54) is 6.07 Å². The van der Waals surface area contributed by atoms with Crippen molar-refractivity contribution in [3.63, 3.8) is 0 Å². The molecule has 0 saturated carbocycles. The van der Waals surface area contributed by atoms with Crippen LogP contribution in [0.4, 0.5) is 4.39 Å². The fourth-order valence-corrected chi connectivity index (χ4v) is 2.37. The average Bonchev–Trinajstić information content (AvgIpc) is 2.70. The third kappa shape index (κ3) is 2.00. The van der Waals surface area contributed by atoms with E-state index in [2.05, 4.69) is 10.3 Å². The van der Waals surface area contributed by atoms with E-state index in [0.717, 1.165) is 31.0 Å². The third-order valence-electron chi connectivity index (χ3n) is 3.37. The second kappa shape index (κ2) is 4.66. The molecular formula is C13H16FN3O. The van der Waals surface area contributed by atoms with Crippen molar-refractivity contribution < 1.29 is 9.13 Å². The van der Waals surface area contributed by atoms with Crippen LogP contribution in [0.3, 0.4) is 0 Å². The number of morpholine rings is 1. The molecule has 5 heteroatoms. The zero-order valence-corrected chi connectivity index (χ0v) is 10.3. The van der Waals surface area contributed by atoms with Gasteiger partial charge in [0, 0.05) is 26.6 Å². The Kier molecular flexibility index (Phi) is 3.01. The number of hydrogen-bond acceptors (Lipinski definition) is 3. The molecule has 3 rings (SSSR count). The van der Waals surface area contributed by atoms with Gasteiger partial charge >= 0.3 is 0 Å². The van der Waals surface area contributed by atoms with E-state index in [-0.39, 0.29) is 11.9 Å². The normalized spacial score (nSPS) is 20.4. The Morgan fingerprint density at radius 1 is 1.56 bits per heavy atom. The Morgan fingerprint density at radius 2 is 2.44 bits per heavy atom. The van der Waals surface area contributed by atoms with Gasteiger partial charge in [0.1, 0.15) is 11.3 Å². The Morgan fingerprint density at radius 3 is 3.17 bits per heavy atom. The van der Waals surface area contributed by atoms with Gasteiger partial charge in [0.25, 0.3) is 0 Å². The number of para-hydroxylation sites is 1. The summed E-state index contributed by atoms with van der Waals surface area (Å²) in [5.41, 5.74) is 1.27. The summed E-state index contributed by atoms with van der Waals surface area (Å²) in [5, 5.41) is 3.28. The lowest BCUT2D eigenvalue weighted by Gasteiger charge is -2.23. The van der Waals surface area contributed by atoms with Crippen molar-refractivity contribution in [2.24, 2.45) is 7.05 Å². The molecule has 1 aromatic carbocycles. The number of fused-ring (bicyclic) bond motifs is 1. The summed E-state index contributed by atoms with van der Waals surface area (Å²) >= 11 is 0. The highest BCUT2D eigenvalue weighted by Gasteiger charge is 2.18. The van der Waals surface area contributed by atoms with Crippen LogP contribution in [0.1, 0.15) is 5.82 Å². The number of benzene rings is 1. The molecule has 18 heavy (non-hydrogen) atoms. The maximum atomic E-state index is 13.6. The first kappa shape index (κ1) is 11.6. The first-order chi connectivity index (χ1) is 8.75. The van der Waals surface area contributed by atoms with Gasteiger partial charge in [0.2, 0.25) is 0 Å². The van der Waals surface area contributed by atoms with Crippen molar-refractivity contribution in [1.82, 2.24) is 14.9 Å². The fraction of sp³-hybridized carbons (Fsp3) is 0.462. The molecule has 0 radical (unpaired) electrons. The van der Waals surface area contributed by atoms with Gasteiger partial charge < -0.3 is 14.6 Å². The predicted octanol–water partition coefficient (Wildman–Crippen LogP) is 1.24. The molecule has 1 unspecified atom stereocenters. The molecular weight excluding hydrogens is 233 g/mol. The molecule has 0 aliphatic carbocycles. The highest BCUT2D eigenvalue weighted by Crippen LogP contribution is 2.19. The van der Waals surface area contributed by atoms with Gasteiger partial charge in [-0.2, -0.15) is 0 Å². The van der Waals surface area contributed by atoms with Crippen LogP contribution in [-0.2, 0) is 18.2 Å². The van der Waals surface area contributed by atoms with Gasteiger partial charge in [-0.3, -0.25) is 0 Å². The molecule has 2 heterocycles. The minimum Gasteiger partial charge on any atom is -0.375 e. The molecule has 1 aromatic heterocycles. The second-order valence-electron chi connectivity index (χ2n) is 4.60. The number of aryl methyl sites for hydroxylation is 1. The maximum Gasteiger partial charge on any atom is 0.151 e. The zero-order chi connectivity index (χ0) is 12.5. The Labute approximate surface area is 105 Å². The number of rotatable bonds is 2. The second-order valence-corrected chi connectivity index (χ2v) is 4.60. The van der Waals surface area contributed by atoms with Crippen LogP contribution in [0.5, 0.6) is 0 Å². The van der Waals surface area contributed by atoms with E-state index < -0.39 is 0 Å². The lowest BCUT2D eigenvalue weighted by Crippen LogP contribution is -2.40. The topological polar surface area (TPSA) is 39.1 Å². The first-order valence-corrected chi connectivity index (χ1v) is 6.18. The summed E-state index contributed by atoms with van der Waals surface area (Å²) in [6.45, 7) is 2.45. The fourth-order valence-electron chi connectivity index (χ4n) is 2.37. The van der Waals surface area contributed by atoms with E-state index in [1.807, 2.05) is 17.7 Å². The van der Waals surface area contributed by atoms with E-state index in [0.29, 0.717) is 11.9 Å². The molecule has 1 N–H and O–H groups in total. The summed E-state index contributed by atoms with van der Waals surface area (Å²) < 4.78 is 21.2. The zero-order valence-electron chi connectivity index (χ0n) is 10.3. The SMILES string of the molecule is Cn1c(CC2CNCCO2)nc2c(F)cccc21. The molecule has 1 aliphatic rings. The molecule has 0 spiro atoms. The van der Waals surface area contributed by atoms with Crippen LogP contribution in [0, 0.1) is 5.82 Å². The van der Waals surface area contributed by atoms with Gasteiger partial charge in [-0.25, -0.2) is 9.37 Å². The molecule has 4 nitrogen and oxygen atoms in total. The molecule has 96 valence electrons. The molecule has 1 fully saturated rings. The van der Waals surface area contributed by atoms with Crippen molar-refractivity contribution in [3.05, 3.63) is 29.8 Å². The van der Waals surface area contributed by atoms with Crippen LogP contribution in [0.2, 0.25) is 0 Å². The molecule has 0 amide bonds. The van der Waals surface area contributed by atoms with Gasteiger partial charge in [-0.15, -0.1) is 0 Å². The highest BCUT2D eigenvalue weighted by molar-refractivity contribution is 5.76. The van der Waals surface area contributed by atoms with Gasteiger partial charge in [0.05, 0.1) is 18.2 Å². The van der Waals surface area contributed by atoms with Crippen molar-refractivity contribution in [1.29, 1.82) is 0 Å². The number of aromatic nitrogens is 2. The number of nitrogens with one attached hydrogen (secondary N) is 1. The van der Waals surface area contributed by atoms with E-state index in [9.17, 15) is 4.39 Å². The van der Waals surface area contributed by atoms with Crippen LogP contribution in [-0.4, -0.2) is 35.4 Å². The quantitative estimate of drug-likeness (QED) is 0.870. The minimum absolute atomic E-state index is 0.123. The number of imidazole rings is 1. The number of nitrogens with zero attached hydrogens (tertiary/aromatic N) is 2. The van der Waals surface area contributed by atoms with E-state index in [1.54, 1.807) is 6.07 Å².